The third-order valence-corrected chi connectivity index (χ3v) is 4.28. The van der Waals surface area contributed by atoms with E-state index in [-0.39, 0.29) is 16.7 Å². The van der Waals surface area contributed by atoms with Crippen LogP contribution in [0.3, 0.4) is 0 Å². The van der Waals surface area contributed by atoms with Crippen molar-refractivity contribution < 1.29 is 9.66 Å². The molecule has 2 heterocycles. The number of aromatic nitrogens is 1. The van der Waals surface area contributed by atoms with Crippen LogP contribution in [-0.4, -0.2) is 61.2 Å². The highest BCUT2D eigenvalue weighted by Crippen LogP contribution is 2.32. The van der Waals surface area contributed by atoms with Crippen molar-refractivity contribution >= 4 is 22.3 Å². The van der Waals surface area contributed by atoms with Gasteiger partial charge in [-0.15, -0.1) is 0 Å². The number of nitro benzene ring substituents is 1. The number of benzene rings is 1. The maximum atomic E-state index is 11.3. The van der Waals surface area contributed by atoms with E-state index in [1.165, 1.54) is 6.07 Å². The zero-order valence-corrected chi connectivity index (χ0v) is 13.3. The number of hydrogen-bond acceptors (Lipinski definition) is 6. The summed E-state index contributed by atoms with van der Waals surface area (Å²) in [6.07, 6.45) is 1.65. The molecule has 1 saturated heterocycles. The van der Waals surface area contributed by atoms with E-state index in [0.717, 1.165) is 30.8 Å². The Labute approximate surface area is 134 Å². The minimum Gasteiger partial charge on any atom is -0.383 e. The molecule has 1 aromatic carbocycles. The van der Waals surface area contributed by atoms with Gasteiger partial charge in [0.05, 0.1) is 23.0 Å². The van der Waals surface area contributed by atoms with E-state index in [0.29, 0.717) is 12.0 Å². The van der Waals surface area contributed by atoms with Gasteiger partial charge in [0.25, 0.3) is 5.69 Å². The van der Waals surface area contributed by atoms with Crippen molar-refractivity contribution in [3.8, 4) is 0 Å². The van der Waals surface area contributed by atoms with Gasteiger partial charge >= 0.3 is 0 Å². The summed E-state index contributed by atoms with van der Waals surface area (Å²) in [6.45, 7) is 3.21. The lowest BCUT2D eigenvalue weighted by Gasteiger charge is -2.40. The van der Waals surface area contributed by atoms with Crippen molar-refractivity contribution in [3.05, 3.63) is 40.6 Å². The first kappa shape index (κ1) is 15.6. The number of piperazine rings is 1. The number of pyridine rings is 1. The van der Waals surface area contributed by atoms with E-state index in [2.05, 4.69) is 21.8 Å². The molecule has 0 amide bonds. The van der Waals surface area contributed by atoms with Crippen LogP contribution >= 0.6 is 0 Å². The smallest absolute Gasteiger partial charge is 0.277 e. The fraction of sp³-hybridized carbons (Fsp3) is 0.438. The van der Waals surface area contributed by atoms with Gasteiger partial charge in [-0.2, -0.15) is 0 Å². The predicted molar refractivity (Wildman–Crippen MR) is 88.9 cm³/mol. The number of ether oxygens (including phenoxy) is 1. The Balaban J connectivity index is 2.08. The molecule has 1 aliphatic rings. The molecule has 1 fully saturated rings. The van der Waals surface area contributed by atoms with Crippen LogP contribution in [0.4, 0.5) is 11.5 Å². The van der Waals surface area contributed by atoms with Crippen molar-refractivity contribution in [1.82, 2.24) is 9.88 Å². The number of methoxy groups -OCH3 is 1. The molecular weight excluding hydrogens is 296 g/mol. The number of nitrogens with zero attached hydrogens (tertiary/aromatic N) is 4. The summed E-state index contributed by atoms with van der Waals surface area (Å²) in [7, 11) is 3.77. The number of likely N-dealkylation sites (N-methyl/N-ethyl adjacent to an activating group) is 1. The third kappa shape index (κ3) is 2.97. The maximum absolute atomic E-state index is 11.3. The summed E-state index contributed by atoms with van der Waals surface area (Å²) in [5.41, 5.74) is 0.114. The summed E-state index contributed by atoms with van der Waals surface area (Å²) in [5.74, 6) is 0.793. The molecular formula is C16H20N4O3. The predicted octanol–water partition coefficient (Wildman–Crippen LogP) is 1.91. The van der Waals surface area contributed by atoms with Crippen LogP contribution in [0.25, 0.3) is 10.8 Å². The van der Waals surface area contributed by atoms with Gasteiger partial charge in [-0.1, -0.05) is 12.1 Å². The maximum Gasteiger partial charge on any atom is 0.277 e. The lowest BCUT2D eigenvalue weighted by molar-refractivity contribution is -0.383. The van der Waals surface area contributed by atoms with Gasteiger partial charge in [-0.3, -0.25) is 10.1 Å². The second kappa shape index (κ2) is 6.47. The standard InChI is InChI=1S/C16H20N4O3/c1-18-8-9-19(12(10-18)11-23-2)16-14-4-3-5-15(20(21)22)13(14)6-7-17-16/h3-7,12H,8-11H2,1-2H3/t12-/m1/s1. The Morgan fingerprint density at radius 3 is 2.91 bits per heavy atom. The van der Waals surface area contributed by atoms with Crippen molar-refractivity contribution in [3.63, 3.8) is 0 Å². The molecule has 23 heavy (non-hydrogen) atoms. The summed E-state index contributed by atoms with van der Waals surface area (Å²) >= 11 is 0. The van der Waals surface area contributed by atoms with Gasteiger partial charge in [0, 0.05) is 44.4 Å². The quantitative estimate of drug-likeness (QED) is 0.634. The van der Waals surface area contributed by atoms with Crippen LogP contribution in [0.1, 0.15) is 0 Å². The van der Waals surface area contributed by atoms with E-state index < -0.39 is 0 Å². The van der Waals surface area contributed by atoms with Gasteiger partial charge in [0.1, 0.15) is 5.82 Å². The zero-order chi connectivity index (χ0) is 16.4. The molecule has 3 rings (SSSR count). The Morgan fingerprint density at radius 2 is 2.17 bits per heavy atom. The van der Waals surface area contributed by atoms with Crippen LogP contribution in [0, 0.1) is 10.1 Å². The fourth-order valence-corrected chi connectivity index (χ4v) is 3.19. The third-order valence-electron chi connectivity index (χ3n) is 4.28. The van der Waals surface area contributed by atoms with Crippen LogP contribution in [-0.2, 0) is 4.74 Å². The molecule has 0 radical (unpaired) electrons. The van der Waals surface area contributed by atoms with Crippen LogP contribution in [0.5, 0.6) is 0 Å². The van der Waals surface area contributed by atoms with Gasteiger partial charge in [-0.25, -0.2) is 4.98 Å². The molecule has 0 N–H and O–H groups in total. The Hall–Kier alpha value is -2.25. The monoisotopic (exact) mass is 316 g/mol. The Bertz CT molecular complexity index is 722. The minimum absolute atomic E-state index is 0.114. The molecule has 1 aromatic heterocycles. The number of non-ortho nitro benzene ring substituents is 1. The van der Waals surface area contributed by atoms with Crippen LogP contribution < -0.4 is 4.90 Å². The number of nitro groups is 1. The second-order valence-corrected chi connectivity index (χ2v) is 5.83. The Morgan fingerprint density at radius 1 is 1.35 bits per heavy atom. The van der Waals surface area contributed by atoms with E-state index in [4.69, 9.17) is 4.74 Å². The summed E-state index contributed by atoms with van der Waals surface area (Å²) in [4.78, 5) is 19.9. The average Bonchev–Trinajstić information content (AvgIpc) is 2.54. The molecule has 0 aliphatic carbocycles. The van der Waals surface area contributed by atoms with Crippen LogP contribution in [0.2, 0.25) is 0 Å². The van der Waals surface area contributed by atoms with Crippen molar-refractivity contribution in [2.75, 3.05) is 45.3 Å². The number of hydrogen-bond donors (Lipinski definition) is 0. The van der Waals surface area contributed by atoms with Crippen LogP contribution in [0.15, 0.2) is 30.5 Å². The highest BCUT2D eigenvalue weighted by Gasteiger charge is 2.28. The van der Waals surface area contributed by atoms with Gasteiger partial charge in [-0.05, 0) is 13.1 Å². The molecule has 0 saturated carbocycles. The van der Waals surface area contributed by atoms with Gasteiger partial charge in [0.15, 0.2) is 0 Å². The highest BCUT2D eigenvalue weighted by molar-refractivity contribution is 5.98. The molecule has 7 nitrogen and oxygen atoms in total. The first-order valence-electron chi connectivity index (χ1n) is 7.58. The second-order valence-electron chi connectivity index (χ2n) is 5.83. The minimum atomic E-state index is -0.345. The van der Waals surface area contributed by atoms with E-state index >= 15 is 0 Å². The number of fused-ring (bicyclic) bond motifs is 1. The number of rotatable bonds is 4. The van der Waals surface area contributed by atoms with Crippen molar-refractivity contribution in [1.29, 1.82) is 0 Å². The summed E-state index contributed by atoms with van der Waals surface area (Å²) in [5, 5.41) is 12.7. The molecule has 7 heteroatoms. The summed E-state index contributed by atoms with van der Waals surface area (Å²) < 4.78 is 5.35. The number of anilines is 1. The van der Waals surface area contributed by atoms with Crippen molar-refractivity contribution in [2.24, 2.45) is 0 Å². The largest absolute Gasteiger partial charge is 0.383 e. The lowest BCUT2D eigenvalue weighted by atomic mass is 10.1. The highest BCUT2D eigenvalue weighted by atomic mass is 16.6. The SMILES string of the molecule is COC[C@H]1CN(C)CCN1c1nccc2c([N+](=O)[O-])cccc12. The Kier molecular flexibility index (Phi) is 4.40. The normalized spacial score (nSPS) is 19.2. The molecule has 0 spiro atoms. The van der Waals surface area contributed by atoms with Crippen molar-refractivity contribution in [2.45, 2.75) is 6.04 Å². The molecule has 2 aromatic rings. The fourth-order valence-electron chi connectivity index (χ4n) is 3.19. The molecule has 122 valence electrons. The molecule has 1 aliphatic heterocycles. The topological polar surface area (TPSA) is 71.7 Å². The molecule has 0 bridgehead atoms. The molecule has 0 unspecified atom stereocenters. The average molecular weight is 316 g/mol. The van der Waals surface area contributed by atoms with E-state index in [1.54, 1.807) is 25.4 Å². The first-order valence-corrected chi connectivity index (χ1v) is 7.58. The molecule has 1 atom stereocenters. The van der Waals surface area contributed by atoms with E-state index in [9.17, 15) is 10.1 Å². The van der Waals surface area contributed by atoms with Gasteiger partial charge in [0.2, 0.25) is 0 Å². The first-order chi connectivity index (χ1) is 11.1. The lowest BCUT2D eigenvalue weighted by Crippen LogP contribution is -2.54. The zero-order valence-electron chi connectivity index (χ0n) is 13.3. The summed E-state index contributed by atoms with van der Waals surface area (Å²) in [6, 6.07) is 7.03. The van der Waals surface area contributed by atoms with Gasteiger partial charge < -0.3 is 14.5 Å². The van der Waals surface area contributed by atoms with E-state index in [1.807, 2.05) is 6.07 Å².